The molecule has 1 nitrogen and oxygen atoms in total. The summed E-state index contributed by atoms with van der Waals surface area (Å²) in [5.74, 6) is 1.07. The van der Waals surface area contributed by atoms with Crippen LogP contribution in [0.2, 0.25) is 0 Å². The minimum absolute atomic E-state index is 1.07. The van der Waals surface area contributed by atoms with E-state index in [1.165, 1.54) is 16.3 Å². The summed E-state index contributed by atoms with van der Waals surface area (Å²) in [6.07, 6.45) is 5.89. The van der Waals surface area contributed by atoms with Gasteiger partial charge in [-0.3, -0.25) is 4.98 Å². The molecular weight excluding hydrogens is 178 g/mol. The first kappa shape index (κ1) is 8.57. The second kappa shape index (κ2) is 3.79. The topological polar surface area (TPSA) is 12.9 Å². The lowest BCUT2D eigenvalue weighted by Crippen LogP contribution is -1.83. The maximum Gasteiger partial charge on any atom is 0.0346 e. The van der Waals surface area contributed by atoms with Crippen LogP contribution in [0.3, 0.4) is 0 Å². The van der Waals surface area contributed by atoms with Gasteiger partial charge < -0.3 is 0 Å². The predicted octanol–water partition coefficient (Wildman–Crippen LogP) is 3.10. The summed E-state index contributed by atoms with van der Waals surface area (Å²) >= 11 is 1.85. The van der Waals surface area contributed by atoms with Gasteiger partial charge in [-0.05, 0) is 23.3 Å². The fourth-order valence-electron chi connectivity index (χ4n) is 1.47. The molecule has 13 heavy (non-hydrogen) atoms. The van der Waals surface area contributed by atoms with E-state index in [1.54, 1.807) is 0 Å². The predicted molar refractivity (Wildman–Crippen MR) is 59.0 cm³/mol. The van der Waals surface area contributed by atoms with Crippen molar-refractivity contribution in [2.45, 2.75) is 5.75 Å². The molecule has 2 rings (SSSR count). The van der Waals surface area contributed by atoms with Crippen molar-refractivity contribution in [1.29, 1.82) is 0 Å². The third-order valence-corrected chi connectivity index (χ3v) is 2.67. The van der Waals surface area contributed by atoms with E-state index in [2.05, 4.69) is 35.5 Å². The van der Waals surface area contributed by atoms with Crippen molar-refractivity contribution >= 4 is 22.5 Å². The molecule has 1 heterocycles. The number of aromatic nitrogens is 1. The number of fused-ring (bicyclic) bond motifs is 1. The molecule has 0 saturated carbocycles. The van der Waals surface area contributed by atoms with E-state index in [0.717, 1.165) is 5.75 Å². The highest BCUT2D eigenvalue weighted by atomic mass is 32.2. The highest BCUT2D eigenvalue weighted by molar-refractivity contribution is 7.97. The second-order valence-electron chi connectivity index (χ2n) is 2.95. The Morgan fingerprint density at radius 2 is 2.23 bits per heavy atom. The first-order valence-electron chi connectivity index (χ1n) is 4.22. The largest absolute Gasteiger partial charge is 0.264 e. The Morgan fingerprint density at radius 3 is 3.08 bits per heavy atom. The molecule has 0 unspecified atom stereocenters. The first-order chi connectivity index (χ1) is 6.42. The van der Waals surface area contributed by atoms with Crippen LogP contribution in [-0.4, -0.2) is 11.2 Å². The molecule has 2 heteroatoms. The van der Waals surface area contributed by atoms with Gasteiger partial charge >= 0.3 is 0 Å². The van der Waals surface area contributed by atoms with E-state index in [-0.39, 0.29) is 0 Å². The monoisotopic (exact) mass is 189 g/mol. The number of hydrogen-bond donors (Lipinski definition) is 0. The Bertz CT molecular complexity index is 406. The third-order valence-electron chi connectivity index (χ3n) is 2.07. The second-order valence-corrected chi connectivity index (χ2v) is 3.81. The van der Waals surface area contributed by atoms with Crippen LogP contribution in [0.1, 0.15) is 5.56 Å². The molecule has 0 N–H and O–H groups in total. The van der Waals surface area contributed by atoms with Gasteiger partial charge in [0.2, 0.25) is 0 Å². The molecule has 66 valence electrons. The van der Waals surface area contributed by atoms with E-state index in [9.17, 15) is 0 Å². The zero-order chi connectivity index (χ0) is 9.10. The van der Waals surface area contributed by atoms with Crippen molar-refractivity contribution in [3.8, 4) is 0 Å². The van der Waals surface area contributed by atoms with E-state index >= 15 is 0 Å². The smallest absolute Gasteiger partial charge is 0.0346 e. The summed E-state index contributed by atoms with van der Waals surface area (Å²) in [5, 5.41) is 2.56. The van der Waals surface area contributed by atoms with Gasteiger partial charge in [0.25, 0.3) is 0 Å². The first-order valence-corrected chi connectivity index (χ1v) is 5.62. The van der Waals surface area contributed by atoms with Gasteiger partial charge in [0, 0.05) is 23.5 Å². The van der Waals surface area contributed by atoms with Crippen LogP contribution in [0.25, 0.3) is 10.8 Å². The molecule has 0 radical (unpaired) electrons. The number of thioether (sulfide) groups is 1. The van der Waals surface area contributed by atoms with Crippen molar-refractivity contribution < 1.29 is 0 Å². The molecule has 2 aromatic rings. The maximum absolute atomic E-state index is 4.11. The number of benzene rings is 1. The summed E-state index contributed by atoms with van der Waals surface area (Å²) in [6, 6.07) is 8.46. The van der Waals surface area contributed by atoms with Crippen LogP contribution in [0, 0.1) is 0 Å². The van der Waals surface area contributed by atoms with Crippen LogP contribution >= 0.6 is 11.8 Å². The van der Waals surface area contributed by atoms with Crippen molar-refractivity contribution in [3.05, 3.63) is 42.2 Å². The average Bonchev–Trinajstić information content (AvgIpc) is 2.19. The molecule has 0 aliphatic carbocycles. The van der Waals surface area contributed by atoms with Crippen LogP contribution in [-0.2, 0) is 5.75 Å². The van der Waals surface area contributed by atoms with Crippen LogP contribution in [0.5, 0.6) is 0 Å². The van der Waals surface area contributed by atoms with Gasteiger partial charge in [-0.2, -0.15) is 11.8 Å². The number of rotatable bonds is 2. The lowest BCUT2D eigenvalue weighted by molar-refractivity contribution is 1.35. The lowest BCUT2D eigenvalue weighted by atomic mass is 10.1. The molecule has 0 aliphatic rings. The van der Waals surface area contributed by atoms with E-state index in [0.29, 0.717) is 0 Å². The standard InChI is InChI=1S/C11H11NS/c1-13-8-10-4-2-3-9-7-12-6-5-11(9)10/h2-7H,8H2,1H3. The Labute approximate surface area is 82.2 Å². The molecule has 0 atom stereocenters. The highest BCUT2D eigenvalue weighted by Gasteiger charge is 1.98. The molecule has 0 spiro atoms. The van der Waals surface area contributed by atoms with Crippen molar-refractivity contribution in [3.63, 3.8) is 0 Å². The number of nitrogens with zero attached hydrogens (tertiary/aromatic N) is 1. The molecule has 0 bridgehead atoms. The van der Waals surface area contributed by atoms with Crippen LogP contribution < -0.4 is 0 Å². The molecule has 1 aromatic heterocycles. The number of hydrogen-bond acceptors (Lipinski definition) is 2. The van der Waals surface area contributed by atoms with Gasteiger partial charge in [0.15, 0.2) is 0 Å². The summed E-state index contributed by atoms with van der Waals surface area (Å²) < 4.78 is 0. The number of pyridine rings is 1. The van der Waals surface area contributed by atoms with E-state index < -0.39 is 0 Å². The third kappa shape index (κ3) is 1.68. The quantitative estimate of drug-likeness (QED) is 0.720. The van der Waals surface area contributed by atoms with E-state index in [4.69, 9.17) is 0 Å². The average molecular weight is 189 g/mol. The van der Waals surface area contributed by atoms with Crippen molar-refractivity contribution in [1.82, 2.24) is 4.98 Å². The van der Waals surface area contributed by atoms with Crippen molar-refractivity contribution in [2.75, 3.05) is 6.26 Å². The molecule has 0 saturated heterocycles. The van der Waals surface area contributed by atoms with Gasteiger partial charge in [-0.15, -0.1) is 0 Å². The zero-order valence-corrected chi connectivity index (χ0v) is 8.34. The van der Waals surface area contributed by atoms with Crippen LogP contribution in [0.15, 0.2) is 36.7 Å². The normalized spacial score (nSPS) is 10.5. The molecule has 0 aliphatic heterocycles. The van der Waals surface area contributed by atoms with E-state index in [1.807, 2.05) is 24.2 Å². The molecule has 1 aromatic carbocycles. The highest BCUT2D eigenvalue weighted by Crippen LogP contribution is 2.20. The van der Waals surface area contributed by atoms with Crippen molar-refractivity contribution in [2.24, 2.45) is 0 Å². The Kier molecular flexibility index (Phi) is 2.50. The summed E-state index contributed by atoms with van der Waals surface area (Å²) in [5.41, 5.74) is 1.40. The SMILES string of the molecule is CSCc1cccc2cnccc12. The fourth-order valence-corrected chi connectivity index (χ4v) is 2.03. The Morgan fingerprint density at radius 1 is 1.31 bits per heavy atom. The minimum Gasteiger partial charge on any atom is -0.264 e. The zero-order valence-electron chi connectivity index (χ0n) is 7.53. The van der Waals surface area contributed by atoms with Gasteiger partial charge in [-0.25, -0.2) is 0 Å². The fraction of sp³-hybridized carbons (Fsp3) is 0.182. The minimum atomic E-state index is 1.07. The molecular formula is C11H11NS. The molecule has 0 fully saturated rings. The Balaban J connectivity index is 2.61. The summed E-state index contributed by atoms with van der Waals surface area (Å²) in [7, 11) is 0. The van der Waals surface area contributed by atoms with Gasteiger partial charge in [0.1, 0.15) is 0 Å². The van der Waals surface area contributed by atoms with Gasteiger partial charge in [-0.1, -0.05) is 18.2 Å². The van der Waals surface area contributed by atoms with Crippen LogP contribution in [0.4, 0.5) is 0 Å². The summed E-state index contributed by atoms with van der Waals surface area (Å²) in [4.78, 5) is 4.11. The Hall–Kier alpha value is -1.02. The van der Waals surface area contributed by atoms with Gasteiger partial charge in [0.05, 0.1) is 0 Å². The molecule has 0 amide bonds. The summed E-state index contributed by atoms with van der Waals surface area (Å²) in [6.45, 7) is 0. The maximum atomic E-state index is 4.11. The lowest BCUT2D eigenvalue weighted by Gasteiger charge is -2.03.